The van der Waals surface area contributed by atoms with Crippen LogP contribution in [0, 0.1) is 6.92 Å². The summed E-state index contributed by atoms with van der Waals surface area (Å²) in [6, 6.07) is 5.61. The summed E-state index contributed by atoms with van der Waals surface area (Å²) < 4.78 is 2.72. The van der Waals surface area contributed by atoms with Gasteiger partial charge in [-0.1, -0.05) is 46.3 Å². The van der Waals surface area contributed by atoms with E-state index in [0.717, 1.165) is 21.3 Å². The highest BCUT2D eigenvalue weighted by atomic mass is 79.9. The first-order chi connectivity index (χ1) is 12.8. The molecule has 6 heteroatoms. The molecule has 0 bridgehead atoms. The van der Waals surface area contributed by atoms with Gasteiger partial charge in [-0.3, -0.25) is 4.79 Å². The zero-order valence-corrected chi connectivity index (χ0v) is 17.9. The Kier molecular flexibility index (Phi) is 5.45. The smallest absolute Gasteiger partial charge is 0.260 e. The number of benzene rings is 1. The van der Waals surface area contributed by atoms with E-state index < -0.39 is 5.54 Å². The summed E-state index contributed by atoms with van der Waals surface area (Å²) in [5, 5.41) is 0.595. The summed E-state index contributed by atoms with van der Waals surface area (Å²) in [7, 11) is 0. The molecule has 0 fully saturated rings. The number of carbonyl (C=O) groups excluding carboxylic acids is 1. The van der Waals surface area contributed by atoms with Crippen LogP contribution in [-0.2, 0) is 10.3 Å². The van der Waals surface area contributed by atoms with Crippen molar-refractivity contribution in [2.24, 2.45) is 0 Å². The number of amides is 1. The highest BCUT2D eigenvalue weighted by molar-refractivity contribution is 9.11. The Hall–Kier alpha value is -2.11. The van der Waals surface area contributed by atoms with E-state index in [2.05, 4.69) is 27.5 Å². The van der Waals surface area contributed by atoms with Crippen molar-refractivity contribution in [2.75, 3.05) is 4.90 Å². The zero-order valence-electron chi connectivity index (χ0n) is 15.5. The Balaban J connectivity index is 2.04. The quantitative estimate of drug-likeness (QED) is 0.525. The molecule has 0 aliphatic carbocycles. The zero-order chi connectivity index (χ0) is 19.8. The number of aromatic nitrogens is 2. The van der Waals surface area contributed by atoms with Gasteiger partial charge in [0.2, 0.25) is 5.95 Å². The molecule has 27 heavy (non-hydrogen) atoms. The number of rotatable bonds is 5. The second kappa shape index (κ2) is 7.49. The maximum Gasteiger partial charge on any atom is 0.260 e. The number of anilines is 2. The summed E-state index contributed by atoms with van der Waals surface area (Å²) in [4.78, 5) is 19.6. The number of hydrogen-bond acceptors (Lipinski definition) is 2. The van der Waals surface area contributed by atoms with E-state index >= 15 is 0 Å². The lowest BCUT2D eigenvalue weighted by atomic mass is 9.91. The molecule has 2 heterocycles. The first-order valence-electron chi connectivity index (χ1n) is 8.59. The Labute approximate surface area is 173 Å². The van der Waals surface area contributed by atoms with Crippen molar-refractivity contribution in [2.45, 2.75) is 32.7 Å². The van der Waals surface area contributed by atoms with Gasteiger partial charge >= 0.3 is 0 Å². The molecule has 1 amide bonds. The van der Waals surface area contributed by atoms with Crippen molar-refractivity contribution >= 4 is 45.1 Å². The van der Waals surface area contributed by atoms with Gasteiger partial charge in [-0.15, -0.1) is 0 Å². The lowest BCUT2D eigenvalue weighted by molar-refractivity contribution is -0.123. The van der Waals surface area contributed by atoms with Gasteiger partial charge in [-0.05, 0) is 56.2 Å². The molecule has 0 radical (unpaired) electrons. The van der Waals surface area contributed by atoms with Crippen LogP contribution in [-0.4, -0.2) is 15.5 Å². The topological polar surface area (TPSA) is 38.1 Å². The molecule has 1 aromatic carbocycles. The fourth-order valence-corrected chi connectivity index (χ4v) is 3.79. The van der Waals surface area contributed by atoms with E-state index in [9.17, 15) is 4.79 Å². The van der Waals surface area contributed by atoms with E-state index in [-0.39, 0.29) is 5.91 Å². The minimum Gasteiger partial charge on any atom is -0.301 e. The number of imidazole rings is 1. The van der Waals surface area contributed by atoms with E-state index in [1.807, 2.05) is 61.9 Å². The number of carbonyl (C=O) groups is 1. The average molecular weight is 447 g/mol. The average Bonchev–Trinajstić information content (AvgIpc) is 3.13. The van der Waals surface area contributed by atoms with Gasteiger partial charge < -0.3 is 4.57 Å². The molecule has 0 saturated carbocycles. The molecule has 1 atom stereocenters. The van der Waals surface area contributed by atoms with E-state index in [0.29, 0.717) is 17.4 Å². The fraction of sp³-hybridized carbons (Fsp3) is 0.238. The van der Waals surface area contributed by atoms with Crippen molar-refractivity contribution in [3.8, 4) is 0 Å². The molecule has 0 saturated heterocycles. The number of allylic oxidation sites excluding steroid dienone is 5. The van der Waals surface area contributed by atoms with Crippen LogP contribution in [0.15, 0.2) is 65.5 Å². The Morgan fingerprint density at radius 3 is 2.74 bits per heavy atom. The van der Waals surface area contributed by atoms with E-state index in [1.165, 1.54) is 0 Å². The first kappa shape index (κ1) is 19.6. The molecule has 0 unspecified atom stereocenters. The van der Waals surface area contributed by atoms with Gasteiger partial charge in [0.1, 0.15) is 5.54 Å². The molecule has 0 N–H and O–H groups in total. The summed E-state index contributed by atoms with van der Waals surface area (Å²) in [6.07, 6.45) is 9.97. The molecule has 1 aliphatic heterocycles. The number of hydrogen-bond donors (Lipinski definition) is 0. The number of fused-ring (bicyclic) bond motifs is 1. The van der Waals surface area contributed by atoms with Crippen molar-refractivity contribution in [3.63, 3.8) is 0 Å². The normalized spacial score (nSPS) is 19.8. The number of halogens is 2. The fourth-order valence-electron chi connectivity index (χ4n) is 3.37. The van der Waals surface area contributed by atoms with E-state index in [4.69, 9.17) is 11.6 Å². The number of nitrogens with zero attached hydrogens (tertiary/aromatic N) is 3. The Bertz CT molecular complexity index is 955. The van der Waals surface area contributed by atoms with Crippen molar-refractivity contribution in [1.82, 2.24) is 9.55 Å². The summed E-state index contributed by atoms with van der Waals surface area (Å²) in [5.74, 6) is 0.575. The monoisotopic (exact) mass is 445 g/mol. The molecular weight excluding hydrogens is 426 g/mol. The molecule has 0 spiro atoms. The minimum atomic E-state index is -0.776. The molecule has 3 rings (SSSR count). The van der Waals surface area contributed by atoms with Gasteiger partial charge in [0.05, 0.1) is 5.69 Å². The standard InChI is InChI=1S/C21H21BrClN3O/c1-5-16(7-6-15(3)22)13-21(4)19(27)26(20-24-8-9-25(20)21)18-11-14(2)10-17(23)12-18/h5-12H,3,13H2,1-2,4H3/b7-6-,16-5+/t21-/m1/s1. The summed E-state index contributed by atoms with van der Waals surface area (Å²) in [6.45, 7) is 9.68. The Morgan fingerprint density at radius 1 is 1.37 bits per heavy atom. The van der Waals surface area contributed by atoms with Gasteiger partial charge in [0.15, 0.2) is 0 Å². The third-order valence-corrected chi connectivity index (χ3v) is 5.18. The van der Waals surface area contributed by atoms with Crippen LogP contribution >= 0.6 is 27.5 Å². The van der Waals surface area contributed by atoms with Gasteiger partial charge in [0.25, 0.3) is 5.91 Å². The maximum atomic E-state index is 13.5. The van der Waals surface area contributed by atoms with Crippen molar-refractivity contribution in [1.29, 1.82) is 0 Å². The lowest BCUT2D eigenvalue weighted by Gasteiger charge is -2.25. The van der Waals surface area contributed by atoms with Crippen LogP contribution in [0.4, 0.5) is 11.6 Å². The third-order valence-electron chi connectivity index (χ3n) is 4.70. The van der Waals surface area contributed by atoms with Crippen LogP contribution in [0.25, 0.3) is 0 Å². The predicted molar refractivity (Wildman–Crippen MR) is 115 cm³/mol. The lowest BCUT2D eigenvalue weighted by Crippen LogP contribution is -2.39. The minimum absolute atomic E-state index is 0.0299. The second-order valence-corrected chi connectivity index (χ2v) is 8.27. The molecule has 1 aromatic heterocycles. The van der Waals surface area contributed by atoms with Gasteiger partial charge in [-0.25, -0.2) is 9.88 Å². The van der Waals surface area contributed by atoms with E-state index in [1.54, 1.807) is 17.2 Å². The van der Waals surface area contributed by atoms with Crippen LogP contribution in [0.2, 0.25) is 5.02 Å². The van der Waals surface area contributed by atoms with Crippen LogP contribution < -0.4 is 4.90 Å². The largest absolute Gasteiger partial charge is 0.301 e. The summed E-state index contributed by atoms with van der Waals surface area (Å²) in [5.41, 5.74) is 1.98. The van der Waals surface area contributed by atoms with Crippen molar-refractivity contribution < 1.29 is 4.79 Å². The summed E-state index contributed by atoms with van der Waals surface area (Å²) >= 11 is 9.56. The van der Waals surface area contributed by atoms with Gasteiger partial charge in [0, 0.05) is 28.3 Å². The molecule has 140 valence electrons. The molecular formula is C21H21BrClN3O. The Morgan fingerprint density at radius 2 is 2.11 bits per heavy atom. The van der Waals surface area contributed by atoms with Crippen LogP contribution in [0.1, 0.15) is 25.8 Å². The third kappa shape index (κ3) is 3.66. The van der Waals surface area contributed by atoms with Gasteiger partial charge in [-0.2, -0.15) is 0 Å². The molecule has 1 aliphatic rings. The highest BCUT2D eigenvalue weighted by Crippen LogP contribution is 2.43. The maximum absolute atomic E-state index is 13.5. The first-order valence-corrected chi connectivity index (χ1v) is 9.76. The molecule has 2 aromatic rings. The second-order valence-electron chi connectivity index (χ2n) is 6.82. The molecule has 4 nitrogen and oxygen atoms in total. The van der Waals surface area contributed by atoms with Crippen LogP contribution in [0.3, 0.4) is 0 Å². The predicted octanol–water partition coefficient (Wildman–Crippen LogP) is 6.04. The van der Waals surface area contributed by atoms with Crippen molar-refractivity contribution in [3.05, 3.63) is 76.0 Å². The number of aryl methyl sites for hydroxylation is 1. The van der Waals surface area contributed by atoms with Crippen LogP contribution in [0.5, 0.6) is 0 Å². The highest BCUT2D eigenvalue weighted by Gasteiger charge is 2.48. The SMILES string of the molecule is C=C(Br)/C=C\C(=C/C)C[C@]1(C)C(=O)N(c2cc(C)cc(Cl)c2)c2nccn21.